The fourth-order valence-electron chi connectivity index (χ4n) is 2.91. The van der Waals surface area contributed by atoms with E-state index in [2.05, 4.69) is 0 Å². The molecule has 31 heteroatoms. The van der Waals surface area contributed by atoms with Crippen LogP contribution >= 0.6 is 0 Å². The van der Waals surface area contributed by atoms with Crippen molar-refractivity contribution in [1.29, 1.82) is 0 Å². The van der Waals surface area contributed by atoms with Crippen LogP contribution in [-0.4, -0.2) is 156 Å². The third-order valence-corrected chi connectivity index (χ3v) is 4.31. The summed E-state index contributed by atoms with van der Waals surface area (Å²) in [6.45, 7) is -5.22. The summed E-state index contributed by atoms with van der Waals surface area (Å²) in [5, 5.41) is 65.1. The van der Waals surface area contributed by atoms with Gasteiger partial charge in [-0.15, -0.1) is 0 Å². The van der Waals surface area contributed by atoms with Gasteiger partial charge in [0.05, 0.1) is 35.8 Å². The molecular weight excluding hydrogens is 832 g/mol. The number of hydrogen-bond acceptors (Lipinski definition) is 16. The maximum atomic E-state index is 11.0. The summed E-state index contributed by atoms with van der Waals surface area (Å²) in [6.07, 6.45) is 0. The van der Waals surface area contributed by atoms with E-state index < -0.39 is 75.1 Å². The topological polar surface area (TPSA) is 644 Å². The van der Waals surface area contributed by atoms with Crippen LogP contribution in [0.1, 0.15) is 0 Å². The molecule has 28 nitrogen and oxygen atoms in total. The minimum atomic E-state index is -1.56. The average Bonchev–Trinajstić information content (AvgIpc) is 2.64. The van der Waals surface area contributed by atoms with Crippen molar-refractivity contribution < 1.29 is 175 Å². The summed E-state index contributed by atoms with van der Waals surface area (Å²) in [5.74, 6) is -9.27. The van der Waals surface area contributed by atoms with Gasteiger partial charge in [-0.1, -0.05) is 0 Å². The predicted molar refractivity (Wildman–Crippen MR) is 149 cm³/mol. The van der Waals surface area contributed by atoms with Gasteiger partial charge in [-0.3, -0.25) is 19.6 Å². The number of hydrogen-bond donors (Lipinski definition) is 0. The van der Waals surface area contributed by atoms with Crippen LogP contribution in [0.15, 0.2) is 0 Å². The summed E-state index contributed by atoms with van der Waals surface area (Å²) in [7, 11) is 0. The van der Waals surface area contributed by atoms with Gasteiger partial charge in [-0.2, -0.15) is 0 Å². The normalized spacial score (nSPS) is 7.84. The molecule has 0 fully saturated rings. The van der Waals surface area contributed by atoms with Gasteiger partial charge in [0.15, 0.2) is 0 Å². The Hall–Kier alpha value is -2.34. The van der Waals surface area contributed by atoms with E-state index in [4.69, 9.17) is 0 Å². The largest absolute Gasteiger partial charge is 2.00 e. The summed E-state index contributed by atoms with van der Waals surface area (Å²) in [5.41, 5.74) is 0. The van der Waals surface area contributed by atoms with Crippen molar-refractivity contribution in [3.63, 3.8) is 0 Å². The van der Waals surface area contributed by atoms with Crippen LogP contribution in [0.25, 0.3) is 0 Å². The molecule has 0 aliphatic rings. The molecule has 0 atom stereocenters. The predicted octanol–water partition coefficient (Wildman–Crippen LogP) is -22.0. The molecule has 0 unspecified atom stereocenters. The SMILES string of the molecule is O.O.O.O.O=C([O-])CN(CCN(CCN(CC(=O)[O-])CC(=O)[O-])CC(=O)[O-])CCN(CC(=O)[O-])CC(=O)[O-].[Ni+2].[Ni+2].[Ni+2].[OH3+].[OH3+].[OH3+].[OH3+].[OH3+].[OH3+].[OH3+].[OH3+]. The van der Waals surface area contributed by atoms with Crippen LogP contribution in [-0.2, 0) is 122 Å². The molecular formula is C18H56N4Ni3O24+8. The van der Waals surface area contributed by atoms with Crippen molar-refractivity contribution in [3.05, 3.63) is 0 Å². The van der Waals surface area contributed by atoms with Gasteiger partial charge >= 0.3 is 49.5 Å². The third kappa shape index (κ3) is 64.8. The zero-order valence-electron chi connectivity index (χ0n) is 25.7. The van der Waals surface area contributed by atoms with E-state index in [0.717, 1.165) is 9.80 Å². The Kier molecular flexibility index (Phi) is 122. The van der Waals surface area contributed by atoms with Crippen LogP contribution in [0.3, 0.4) is 0 Å². The summed E-state index contributed by atoms with van der Waals surface area (Å²) >= 11 is 0. The number of carboxylic acids is 6. The Balaban J connectivity index is -0.0000000519. The zero-order chi connectivity index (χ0) is 26.3. The molecule has 0 saturated carbocycles. The Bertz CT molecular complexity index is 670. The van der Waals surface area contributed by atoms with Gasteiger partial charge in [0.2, 0.25) is 0 Å². The maximum Gasteiger partial charge on any atom is 2.00 e. The molecule has 32 N–H and O–H groups in total. The number of carbonyl (C=O) groups excluding carboxylic acids is 6. The van der Waals surface area contributed by atoms with Crippen LogP contribution in [0, 0.1) is 0 Å². The molecule has 314 valence electrons. The maximum absolute atomic E-state index is 11.0. The first-order chi connectivity index (χ1) is 15.8. The molecule has 0 saturated heterocycles. The van der Waals surface area contributed by atoms with E-state index in [1.54, 1.807) is 0 Å². The van der Waals surface area contributed by atoms with Crippen LogP contribution in [0.2, 0.25) is 0 Å². The second-order valence-corrected chi connectivity index (χ2v) is 7.21. The van der Waals surface area contributed by atoms with Gasteiger partial charge in [-0.25, -0.2) is 0 Å². The Morgan fingerprint density at radius 2 is 0.388 bits per heavy atom. The summed E-state index contributed by atoms with van der Waals surface area (Å²) in [6, 6.07) is 0. The molecule has 0 radical (unpaired) electrons. The minimum Gasteiger partial charge on any atom is -0.549 e. The molecule has 0 aromatic rings. The molecule has 0 aliphatic heterocycles. The number of rotatable bonds is 21. The Labute approximate surface area is 308 Å². The number of aliphatic carboxylic acids is 6. The third-order valence-electron chi connectivity index (χ3n) is 4.31. The fraction of sp³-hybridized carbons (Fsp3) is 0.667. The quantitative estimate of drug-likeness (QED) is 0.0763. The molecule has 0 amide bonds. The van der Waals surface area contributed by atoms with Gasteiger partial charge in [-0.05, 0) is 0 Å². The first-order valence-electron chi connectivity index (χ1n) is 9.87. The molecule has 0 aliphatic carbocycles. The van der Waals surface area contributed by atoms with E-state index in [-0.39, 0.29) is 154 Å². The van der Waals surface area contributed by atoms with Crippen molar-refractivity contribution in [1.82, 2.24) is 19.6 Å². The molecule has 0 spiro atoms. The standard InChI is InChI=1S/C18H30N4O12.3Ni.12H2O/c23-13(24)7-19(3-5-21(9-15(27)28)10-16(29)30)1-2-20(8-14(25)26)4-6-22(11-17(31)32)12-18(33)34;;;;;;;;;;;;;;;/h1-12H2,(H,23,24)(H,25,26)(H,27,28)(H,29,30)(H,31,32)(H,33,34);;;;12*1H2/q;3*+2;;;;;;;;;;;;/p+2. The van der Waals surface area contributed by atoms with Crippen molar-refractivity contribution in [2.24, 2.45) is 0 Å². The summed E-state index contributed by atoms with van der Waals surface area (Å²) < 4.78 is 0. The number of nitrogens with zero attached hydrogens (tertiary/aromatic N) is 4. The Morgan fingerprint density at radius 1 is 0.286 bits per heavy atom. The first kappa shape index (κ1) is 103. The van der Waals surface area contributed by atoms with E-state index in [1.807, 2.05) is 0 Å². The molecule has 0 rings (SSSR count). The minimum absolute atomic E-state index is 0. The van der Waals surface area contributed by atoms with Gasteiger partial charge < -0.3 is 125 Å². The van der Waals surface area contributed by atoms with Gasteiger partial charge in [0, 0.05) is 78.5 Å². The number of carboxylic acid groups (broad SMARTS) is 6. The van der Waals surface area contributed by atoms with Gasteiger partial charge in [0.25, 0.3) is 0 Å². The molecule has 0 heterocycles. The van der Waals surface area contributed by atoms with Crippen LogP contribution in [0.5, 0.6) is 0 Å². The molecule has 0 aromatic heterocycles. The van der Waals surface area contributed by atoms with E-state index in [9.17, 15) is 59.4 Å². The number of carbonyl (C=O) groups is 6. The Morgan fingerprint density at radius 3 is 0.510 bits per heavy atom. The van der Waals surface area contributed by atoms with Crippen molar-refractivity contribution in [2.45, 2.75) is 0 Å². The van der Waals surface area contributed by atoms with Crippen molar-refractivity contribution >= 4 is 35.8 Å². The van der Waals surface area contributed by atoms with Gasteiger partial charge in [0.1, 0.15) is 0 Å². The second-order valence-electron chi connectivity index (χ2n) is 7.21. The molecule has 0 bridgehead atoms. The monoisotopic (exact) mass is 886 g/mol. The average molecular weight is 889 g/mol. The smallest absolute Gasteiger partial charge is 0.549 e. The van der Waals surface area contributed by atoms with Crippen molar-refractivity contribution in [2.75, 3.05) is 78.5 Å². The van der Waals surface area contributed by atoms with E-state index in [0.29, 0.717) is 0 Å². The van der Waals surface area contributed by atoms with Crippen LogP contribution < -0.4 is 30.6 Å². The molecule has 49 heavy (non-hydrogen) atoms. The van der Waals surface area contributed by atoms with E-state index >= 15 is 0 Å². The zero-order valence-corrected chi connectivity index (χ0v) is 28.7. The van der Waals surface area contributed by atoms with Crippen LogP contribution in [0.4, 0.5) is 0 Å². The fourth-order valence-corrected chi connectivity index (χ4v) is 2.91. The summed E-state index contributed by atoms with van der Waals surface area (Å²) in [4.78, 5) is 69.4. The first-order valence-corrected chi connectivity index (χ1v) is 9.87. The molecule has 0 aromatic carbocycles. The second kappa shape index (κ2) is 57.9. The van der Waals surface area contributed by atoms with Crippen molar-refractivity contribution in [3.8, 4) is 0 Å². The van der Waals surface area contributed by atoms with E-state index in [1.165, 1.54) is 9.80 Å².